The molecule has 0 bridgehead atoms. The van der Waals surface area contributed by atoms with Crippen molar-refractivity contribution in [1.82, 2.24) is 9.78 Å². The molecule has 2 N–H and O–H groups in total. The van der Waals surface area contributed by atoms with Crippen LogP contribution in [0.5, 0.6) is 11.5 Å². The Morgan fingerprint density at radius 2 is 1.91 bits per heavy atom. The predicted octanol–water partition coefficient (Wildman–Crippen LogP) is 5.10. The van der Waals surface area contributed by atoms with Crippen LogP contribution in [0.2, 0.25) is 0 Å². The number of para-hydroxylation sites is 1. The van der Waals surface area contributed by atoms with E-state index in [1.54, 1.807) is 6.07 Å². The highest BCUT2D eigenvalue weighted by molar-refractivity contribution is 6.01. The van der Waals surface area contributed by atoms with Gasteiger partial charge in [0.2, 0.25) is 0 Å². The lowest BCUT2D eigenvalue weighted by molar-refractivity contribution is -0.118. The number of allylic oxidation sites excluding steroid dienone is 2. The average molecular weight is 430 g/mol. The molecule has 3 aromatic rings. The lowest BCUT2D eigenvalue weighted by atomic mass is 9.69. The topological polar surface area (TPSA) is 76.4 Å². The van der Waals surface area contributed by atoms with Gasteiger partial charge in [-0.3, -0.25) is 4.79 Å². The van der Waals surface area contributed by atoms with Crippen molar-refractivity contribution in [3.63, 3.8) is 0 Å². The third-order valence-electron chi connectivity index (χ3n) is 6.41. The molecular weight excluding hydrogens is 402 g/mol. The van der Waals surface area contributed by atoms with Gasteiger partial charge in [-0.25, -0.2) is 4.68 Å². The van der Waals surface area contributed by atoms with Crippen molar-refractivity contribution in [1.29, 1.82) is 0 Å². The van der Waals surface area contributed by atoms with Crippen LogP contribution >= 0.6 is 0 Å². The summed E-state index contributed by atoms with van der Waals surface area (Å²) in [5.74, 6) is 1.22. The lowest BCUT2D eigenvalue weighted by Crippen LogP contribution is -2.34. The normalized spacial score (nSPS) is 19.2. The lowest BCUT2D eigenvalue weighted by Gasteiger charge is -2.38. The molecule has 0 spiro atoms. The van der Waals surface area contributed by atoms with Gasteiger partial charge in [-0.1, -0.05) is 38.1 Å². The molecule has 2 heterocycles. The van der Waals surface area contributed by atoms with Crippen molar-refractivity contribution in [2.45, 2.75) is 39.5 Å². The van der Waals surface area contributed by atoms with Crippen molar-refractivity contribution < 1.29 is 14.6 Å². The number of fused-ring (bicyclic) bond motifs is 1. The number of carbonyl (C=O) groups is 1. The molecule has 6 heteroatoms. The van der Waals surface area contributed by atoms with Crippen LogP contribution in [0, 0.1) is 12.3 Å². The van der Waals surface area contributed by atoms with Crippen LogP contribution in [0.15, 0.2) is 59.8 Å². The maximum Gasteiger partial charge on any atom is 0.162 e. The SMILES string of the molecule is COc1cc([C@@H]2C3=C(CC(C)(C)CC3=O)Nc3c2c(C)nn3-c2ccccc2)ccc1O. The molecule has 0 fully saturated rings. The number of hydrogen-bond donors (Lipinski definition) is 2. The Bertz CT molecular complexity index is 1250. The molecule has 0 radical (unpaired) electrons. The number of Topliss-reactive ketones (excluding diaryl/α,β-unsaturated/α-hetero) is 1. The molecule has 2 aliphatic rings. The summed E-state index contributed by atoms with van der Waals surface area (Å²) in [6.45, 7) is 6.24. The van der Waals surface area contributed by atoms with Crippen LogP contribution in [0.25, 0.3) is 5.69 Å². The Morgan fingerprint density at radius 3 is 2.62 bits per heavy atom. The van der Waals surface area contributed by atoms with E-state index in [-0.39, 0.29) is 22.9 Å². The van der Waals surface area contributed by atoms with Gasteiger partial charge in [-0.2, -0.15) is 5.10 Å². The highest BCUT2D eigenvalue weighted by atomic mass is 16.5. The average Bonchev–Trinajstić information content (AvgIpc) is 3.08. The van der Waals surface area contributed by atoms with Gasteiger partial charge in [0.05, 0.1) is 18.5 Å². The fourth-order valence-corrected chi connectivity index (χ4v) is 5.04. The van der Waals surface area contributed by atoms with E-state index in [0.29, 0.717) is 12.2 Å². The van der Waals surface area contributed by atoms with Crippen molar-refractivity contribution in [3.8, 4) is 17.2 Å². The third-order valence-corrected chi connectivity index (χ3v) is 6.41. The molecule has 2 aromatic carbocycles. The van der Waals surface area contributed by atoms with Crippen molar-refractivity contribution >= 4 is 11.6 Å². The summed E-state index contributed by atoms with van der Waals surface area (Å²) < 4.78 is 7.30. The summed E-state index contributed by atoms with van der Waals surface area (Å²) in [7, 11) is 1.53. The number of aromatic nitrogens is 2. The first-order chi connectivity index (χ1) is 15.3. The van der Waals surface area contributed by atoms with Gasteiger partial charge in [0.25, 0.3) is 0 Å². The van der Waals surface area contributed by atoms with Crippen molar-refractivity contribution in [2.24, 2.45) is 5.41 Å². The van der Waals surface area contributed by atoms with Crippen LogP contribution in [-0.4, -0.2) is 27.8 Å². The zero-order chi connectivity index (χ0) is 22.6. The first-order valence-electron chi connectivity index (χ1n) is 10.8. The minimum atomic E-state index is -0.281. The summed E-state index contributed by atoms with van der Waals surface area (Å²) in [5, 5.41) is 18.6. The van der Waals surface area contributed by atoms with E-state index < -0.39 is 0 Å². The standard InChI is InChI=1S/C26H27N3O3/c1-15-22-23(16-10-11-19(30)21(12-16)32-4)24-18(13-26(2,3)14-20(24)31)27-25(22)29(28-15)17-8-6-5-7-9-17/h5-12,23,27,30H,13-14H2,1-4H3/t23-/m0/s1. The molecule has 164 valence electrons. The van der Waals surface area contributed by atoms with Crippen LogP contribution in [-0.2, 0) is 4.79 Å². The van der Waals surface area contributed by atoms with Crippen molar-refractivity contribution in [3.05, 3.63) is 76.6 Å². The summed E-state index contributed by atoms with van der Waals surface area (Å²) in [5.41, 5.74) is 5.32. The second-order valence-corrected chi connectivity index (χ2v) is 9.42. The van der Waals surface area contributed by atoms with E-state index in [4.69, 9.17) is 9.84 Å². The molecular formula is C26H27N3O3. The first kappa shape index (κ1) is 20.4. The number of phenolic OH excluding ortho intramolecular Hbond substituents is 1. The Hall–Kier alpha value is -3.54. The number of methoxy groups -OCH3 is 1. The summed E-state index contributed by atoms with van der Waals surface area (Å²) in [6.07, 6.45) is 1.28. The summed E-state index contributed by atoms with van der Waals surface area (Å²) >= 11 is 0. The van der Waals surface area contributed by atoms with Crippen molar-refractivity contribution in [2.75, 3.05) is 12.4 Å². The van der Waals surface area contributed by atoms with Gasteiger partial charge in [0.1, 0.15) is 5.82 Å². The van der Waals surface area contributed by atoms with Gasteiger partial charge in [0, 0.05) is 29.2 Å². The monoisotopic (exact) mass is 429 g/mol. The molecule has 1 atom stereocenters. The summed E-state index contributed by atoms with van der Waals surface area (Å²) in [4.78, 5) is 13.4. The molecule has 1 aromatic heterocycles. The second-order valence-electron chi connectivity index (χ2n) is 9.42. The number of ketones is 1. The predicted molar refractivity (Wildman–Crippen MR) is 123 cm³/mol. The number of benzene rings is 2. The highest BCUT2D eigenvalue weighted by Gasteiger charge is 2.43. The van der Waals surface area contributed by atoms with E-state index in [1.165, 1.54) is 7.11 Å². The number of nitrogens with one attached hydrogen (secondary N) is 1. The zero-order valence-corrected chi connectivity index (χ0v) is 18.8. The number of nitrogens with zero attached hydrogens (tertiary/aromatic N) is 2. The molecule has 0 saturated carbocycles. The molecule has 0 unspecified atom stereocenters. The van der Waals surface area contributed by atoms with Crippen LogP contribution < -0.4 is 10.1 Å². The number of rotatable bonds is 3. The molecule has 1 aliphatic carbocycles. The number of ether oxygens (including phenoxy) is 1. The summed E-state index contributed by atoms with van der Waals surface area (Å²) in [6, 6.07) is 15.3. The number of anilines is 1. The highest BCUT2D eigenvalue weighted by Crippen LogP contribution is 2.51. The van der Waals surface area contributed by atoms with Gasteiger partial charge >= 0.3 is 0 Å². The zero-order valence-electron chi connectivity index (χ0n) is 18.8. The van der Waals surface area contributed by atoms with Crippen LogP contribution in [0.4, 0.5) is 5.82 Å². The van der Waals surface area contributed by atoms with E-state index in [2.05, 4.69) is 19.2 Å². The van der Waals surface area contributed by atoms with Crippen LogP contribution in [0.3, 0.4) is 0 Å². The Kier molecular flexibility index (Phi) is 4.62. The van der Waals surface area contributed by atoms with E-state index in [1.807, 2.05) is 54.1 Å². The molecule has 0 saturated heterocycles. The Balaban J connectivity index is 1.77. The molecule has 6 nitrogen and oxygen atoms in total. The minimum Gasteiger partial charge on any atom is -0.504 e. The first-order valence-corrected chi connectivity index (χ1v) is 10.8. The largest absolute Gasteiger partial charge is 0.504 e. The minimum absolute atomic E-state index is 0.0763. The quantitative estimate of drug-likeness (QED) is 0.606. The smallest absolute Gasteiger partial charge is 0.162 e. The fourth-order valence-electron chi connectivity index (χ4n) is 5.04. The maximum absolute atomic E-state index is 13.4. The number of aromatic hydroxyl groups is 1. The molecule has 1 aliphatic heterocycles. The Morgan fingerprint density at radius 1 is 1.16 bits per heavy atom. The third kappa shape index (κ3) is 3.18. The van der Waals surface area contributed by atoms with Gasteiger partial charge in [-0.05, 0) is 48.6 Å². The molecule has 32 heavy (non-hydrogen) atoms. The number of phenols is 1. The number of carbonyl (C=O) groups excluding carboxylic acids is 1. The Labute approximate surface area is 187 Å². The number of aryl methyl sites for hydroxylation is 1. The van der Waals surface area contributed by atoms with Gasteiger partial charge in [-0.15, -0.1) is 0 Å². The van der Waals surface area contributed by atoms with E-state index in [9.17, 15) is 9.90 Å². The van der Waals surface area contributed by atoms with Gasteiger partial charge < -0.3 is 15.2 Å². The maximum atomic E-state index is 13.4. The van der Waals surface area contributed by atoms with Crippen LogP contribution in [0.1, 0.15) is 49.4 Å². The molecule has 5 rings (SSSR count). The van der Waals surface area contributed by atoms with Gasteiger partial charge in [0.15, 0.2) is 17.3 Å². The van der Waals surface area contributed by atoms with E-state index in [0.717, 1.165) is 46.0 Å². The molecule has 0 amide bonds. The number of hydrogen-bond acceptors (Lipinski definition) is 5. The van der Waals surface area contributed by atoms with E-state index >= 15 is 0 Å². The fraction of sp³-hybridized carbons (Fsp3) is 0.308. The second kappa shape index (κ2) is 7.26.